The van der Waals surface area contributed by atoms with Crippen molar-refractivity contribution in [1.29, 1.82) is 0 Å². The van der Waals surface area contributed by atoms with Gasteiger partial charge in [0, 0.05) is 17.1 Å². The van der Waals surface area contributed by atoms with Crippen molar-refractivity contribution in [2.45, 2.75) is 32.7 Å². The van der Waals surface area contributed by atoms with Crippen molar-refractivity contribution in [3.63, 3.8) is 0 Å². The maximum Gasteiger partial charge on any atom is 0.261 e. The lowest BCUT2D eigenvalue weighted by Gasteiger charge is -2.06. The Kier molecular flexibility index (Phi) is 5.26. The summed E-state index contributed by atoms with van der Waals surface area (Å²) < 4.78 is 7.18. The molecular weight excluding hydrogens is 392 g/mol. The molecule has 148 valence electrons. The Bertz CT molecular complexity index is 1170. The first-order chi connectivity index (χ1) is 14.0. The zero-order valence-electron chi connectivity index (χ0n) is 16.0. The molecule has 0 spiro atoms. The van der Waals surface area contributed by atoms with E-state index >= 15 is 0 Å². The molecule has 0 unspecified atom stereocenters. The number of benzene rings is 1. The van der Waals surface area contributed by atoms with Crippen molar-refractivity contribution in [3.8, 4) is 11.5 Å². The van der Waals surface area contributed by atoms with Crippen molar-refractivity contribution >= 4 is 23.2 Å². The zero-order chi connectivity index (χ0) is 20.4. The molecule has 0 fully saturated rings. The topological polar surface area (TPSA) is 98.2 Å². The van der Waals surface area contributed by atoms with Gasteiger partial charge in [-0.15, -0.1) is 10.2 Å². The van der Waals surface area contributed by atoms with Crippen LogP contribution in [0, 0.1) is 0 Å². The van der Waals surface area contributed by atoms with Crippen LogP contribution in [0.1, 0.15) is 37.0 Å². The molecule has 4 aromatic rings. The fourth-order valence-corrected chi connectivity index (χ4v) is 3.09. The van der Waals surface area contributed by atoms with Gasteiger partial charge in [-0.2, -0.15) is 4.98 Å². The molecule has 1 N–H and O–H groups in total. The van der Waals surface area contributed by atoms with Crippen molar-refractivity contribution < 1.29 is 9.32 Å². The lowest BCUT2D eigenvalue weighted by atomic mass is 10.1. The van der Waals surface area contributed by atoms with Crippen LogP contribution in [0.3, 0.4) is 0 Å². The predicted octanol–water partition coefficient (Wildman–Crippen LogP) is 3.42. The lowest BCUT2D eigenvalue weighted by molar-refractivity contribution is -0.120. The number of aromatic nitrogens is 5. The second-order valence-electron chi connectivity index (χ2n) is 6.89. The fourth-order valence-electron chi connectivity index (χ4n) is 2.88. The Morgan fingerprint density at radius 2 is 2.03 bits per heavy atom. The first-order valence-electron chi connectivity index (χ1n) is 9.19. The quantitative estimate of drug-likeness (QED) is 0.523. The Hall–Kier alpha value is -3.26. The van der Waals surface area contributed by atoms with Crippen LogP contribution in [0.15, 0.2) is 47.1 Å². The van der Waals surface area contributed by atoms with Gasteiger partial charge in [-0.05, 0) is 23.8 Å². The maximum atomic E-state index is 12.3. The van der Waals surface area contributed by atoms with Gasteiger partial charge in [0.1, 0.15) is 0 Å². The van der Waals surface area contributed by atoms with Crippen molar-refractivity contribution in [1.82, 2.24) is 30.1 Å². The summed E-state index contributed by atoms with van der Waals surface area (Å²) >= 11 is 6.12. The third kappa shape index (κ3) is 3.97. The highest BCUT2D eigenvalue weighted by atomic mass is 35.5. The molecule has 9 heteroatoms. The number of hydrogen-bond acceptors (Lipinski definition) is 6. The van der Waals surface area contributed by atoms with E-state index in [1.54, 1.807) is 10.5 Å². The average Bonchev–Trinajstić information content (AvgIpc) is 3.35. The van der Waals surface area contributed by atoms with Gasteiger partial charge in [-0.3, -0.25) is 9.20 Å². The molecule has 1 amide bonds. The molecule has 4 rings (SSSR count). The third-order valence-electron chi connectivity index (χ3n) is 4.45. The number of carbonyl (C=O) groups is 1. The monoisotopic (exact) mass is 410 g/mol. The molecule has 0 aliphatic carbocycles. The van der Waals surface area contributed by atoms with E-state index in [4.69, 9.17) is 16.1 Å². The molecule has 0 radical (unpaired) electrons. The summed E-state index contributed by atoms with van der Waals surface area (Å²) in [5.41, 5.74) is 2.05. The van der Waals surface area contributed by atoms with Gasteiger partial charge in [0.05, 0.1) is 18.5 Å². The minimum atomic E-state index is -0.149. The Labute approximate surface area is 171 Å². The van der Waals surface area contributed by atoms with Gasteiger partial charge >= 0.3 is 0 Å². The Morgan fingerprint density at radius 3 is 2.79 bits per heavy atom. The van der Waals surface area contributed by atoms with Crippen LogP contribution < -0.4 is 5.32 Å². The number of nitrogens with one attached hydrogen (secondary N) is 1. The molecule has 8 nitrogen and oxygen atoms in total. The number of carbonyl (C=O) groups excluding carboxylic acids is 1. The van der Waals surface area contributed by atoms with Crippen LogP contribution in [0.2, 0.25) is 5.02 Å². The van der Waals surface area contributed by atoms with Gasteiger partial charge in [0.25, 0.3) is 5.89 Å². The zero-order valence-corrected chi connectivity index (χ0v) is 16.7. The summed E-state index contributed by atoms with van der Waals surface area (Å²) in [6.07, 6.45) is 2.02. The van der Waals surface area contributed by atoms with Crippen molar-refractivity contribution in [2.75, 3.05) is 0 Å². The van der Waals surface area contributed by atoms with E-state index in [1.807, 2.05) is 50.4 Å². The molecular formula is C20H19ClN6O2. The maximum absolute atomic E-state index is 12.3. The van der Waals surface area contributed by atoms with E-state index in [9.17, 15) is 4.79 Å². The van der Waals surface area contributed by atoms with Crippen LogP contribution >= 0.6 is 11.6 Å². The third-order valence-corrected chi connectivity index (χ3v) is 4.82. The first-order valence-corrected chi connectivity index (χ1v) is 9.57. The summed E-state index contributed by atoms with van der Waals surface area (Å²) in [6.45, 7) is 4.22. The smallest absolute Gasteiger partial charge is 0.261 e. The molecule has 0 aliphatic heterocycles. The van der Waals surface area contributed by atoms with Gasteiger partial charge in [-0.25, -0.2) is 0 Å². The standard InChI is InChI=1S/C20H19ClN6O2/c1-12(2)18-23-20(29-26-18)14-7-5-9-27-16(24-25-19(14)27)11-22-17(28)10-13-6-3-4-8-15(13)21/h3-9,12H,10-11H2,1-2H3,(H,22,28). The highest BCUT2D eigenvalue weighted by Crippen LogP contribution is 2.24. The van der Waals surface area contributed by atoms with Crippen molar-refractivity contribution in [2.24, 2.45) is 0 Å². The molecule has 0 aliphatic rings. The number of halogens is 1. The van der Waals surface area contributed by atoms with E-state index < -0.39 is 0 Å². The van der Waals surface area contributed by atoms with Crippen LogP contribution in [-0.4, -0.2) is 30.6 Å². The number of rotatable bonds is 6. The van der Waals surface area contributed by atoms with Gasteiger partial charge in [0.15, 0.2) is 17.3 Å². The van der Waals surface area contributed by atoms with Crippen LogP contribution in [0.4, 0.5) is 0 Å². The molecule has 0 bridgehead atoms. The molecule has 3 aromatic heterocycles. The molecule has 29 heavy (non-hydrogen) atoms. The Morgan fingerprint density at radius 1 is 1.21 bits per heavy atom. The normalized spacial score (nSPS) is 11.3. The molecule has 0 atom stereocenters. The minimum Gasteiger partial charge on any atom is -0.348 e. The number of pyridine rings is 1. The van der Waals surface area contributed by atoms with E-state index in [0.29, 0.717) is 33.8 Å². The summed E-state index contributed by atoms with van der Waals surface area (Å²) in [5, 5.41) is 15.9. The summed E-state index contributed by atoms with van der Waals surface area (Å²) in [6, 6.07) is 11.0. The van der Waals surface area contributed by atoms with Gasteiger partial charge in [-0.1, -0.05) is 48.8 Å². The van der Waals surface area contributed by atoms with Gasteiger partial charge < -0.3 is 9.84 Å². The molecule has 3 heterocycles. The number of amides is 1. The predicted molar refractivity (Wildman–Crippen MR) is 107 cm³/mol. The number of fused-ring (bicyclic) bond motifs is 1. The van der Waals surface area contributed by atoms with Gasteiger partial charge in [0.2, 0.25) is 5.91 Å². The minimum absolute atomic E-state index is 0.149. The SMILES string of the molecule is CC(C)c1noc(-c2cccn3c(CNC(=O)Cc4ccccc4Cl)nnc23)n1. The average molecular weight is 411 g/mol. The summed E-state index contributed by atoms with van der Waals surface area (Å²) in [5.74, 6) is 1.63. The van der Waals surface area contributed by atoms with E-state index in [1.165, 1.54) is 0 Å². The highest BCUT2D eigenvalue weighted by Gasteiger charge is 2.17. The Balaban J connectivity index is 1.52. The van der Waals surface area contributed by atoms with Crippen LogP contribution in [0.5, 0.6) is 0 Å². The first kappa shape index (κ1) is 19.1. The van der Waals surface area contributed by atoms with Crippen molar-refractivity contribution in [3.05, 3.63) is 64.8 Å². The van der Waals surface area contributed by atoms with Crippen LogP contribution in [-0.2, 0) is 17.8 Å². The fraction of sp³-hybridized carbons (Fsp3) is 0.250. The second kappa shape index (κ2) is 8.00. The highest BCUT2D eigenvalue weighted by molar-refractivity contribution is 6.31. The van der Waals surface area contributed by atoms with E-state index in [2.05, 4.69) is 25.7 Å². The molecule has 1 aromatic carbocycles. The van der Waals surface area contributed by atoms with E-state index in [0.717, 1.165) is 5.56 Å². The number of hydrogen-bond donors (Lipinski definition) is 1. The second-order valence-corrected chi connectivity index (χ2v) is 7.30. The lowest BCUT2D eigenvalue weighted by Crippen LogP contribution is -2.25. The molecule has 0 saturated heterocycles. The van der Waals surface area contributed by atoms with E-state index in [-0.39, 0.29) is 24.8 Å². The molecule has 0 saturated carbocycles. The van der Waals surface area contributed by atoms with Crippen LogP contribution in [0.25, 0.3) is 17.1 Å². The number of nitrogens with zero attached hydrogens (tertiary/aromatic N) is 5. The summed E-state index contributed by atoms with van der Waals surface area (Å²) in [4.78, 5) is 16.7. The summed E-state index contributed by atoms with van der Waals surface area (Å²) in [7, 11) is 0. The largest absolute Gasteiger partial charge is 0.348 e.